The van der Waals surface area contributed by atoms with Gasteiger partial charge in [-0.05, 0) is 37.0 Å². The molecule has 3 unspecified atom stereocenters. The average Bonchev–Trinajstić information content (AvgIpc) is 2.98. The largest absolute Gasteiger partial charge is 0.573 e. The van der Waals surface area contributed by atoms with E-state index >= 15 is 0 Å². The van der Waals surface area contributed by atoms with Crippen molar-refractivity contribution >= 4 is 0 Å². The Hall–Kier alpha value is -1.27. The van der Waals surface area contributed by atoms with Crippen LogP contribution in [0.4, 0.5) is 13.2 Å². The van der Waals surface area contributed by atoms with Crippen LogP contribution < -0.4 is 10.1 Å². The second-order valence-electron chi connectivity index (χ2n) is 5.29. The zero-order valence-electron chi connectivity index (χ0n) is 10.8. The number of hydrogen-bond donors (Lipinski definition) is 1. The summed E-state index contributed by atoms with van der Waals surface area (Å²) in [6.07, 6.45) is -0.680. The molecule has 3 atom stereocenters. The molecule has 0 radical (unpaired) electrons. The highest BCUT2D eigenvalue weighted by atomic mass is 19.4. The molecule has 2 aliphatic rings. The first-order valence-corrected chi connectivity index (χ1v) is 6.73. The molecule has 1 N–H and O–H groups in total. The molecule has 1 aromatic rings. The van der Waals surface area contributed by atoms with E-state index in [1.165, 1.54) is 12.1 Å². The van der Waals surface area contributed by atoms with Crippen molar-refractivity contribution in [1.29, 1.82) is 0 Å². The zero-order valence-corrected chi connectivity index (χ0v) is 10.8. The normalized spacial score (nSPS) is 28.9. The molecular weight excluding hydrogens is 271 g/mol. The number of rotatable bonds is 4. The van der Waals surface area contributed by atoms with E-state index in [9.17, 15) is 13.2 Å². The predicted molar refractivity (Wildman–Crippen MR) is 66.3 cm³/mol. The number of halogens is 3. The van der Waals surface area contributed by atoms with Gasteiger partial charge in [-0.3, -0.25) is 0 Å². The first kappa shape index (κ1) is 13.7. The standard InChI is InChI=1S/C14H16F3NO2/c15-14(16,17)20-10-3-1-9(2-4-10)8-18-12-7-11-5-6-13(12)19-11/h1-4,11-13,18H,5-8H2. The summed E-state index contributed by atoms with van der Waals surface area (Å²) < 4.78 is 45.7. The predicted octanol–water partition coefficient (Wildman–Crippen LogP) is 2.99. The quantitative estimate of drug-likeness (QED) is 0.923. The molecule has 3 rings (SSSR count). The first-order valence-electron chi connectivity index (χ1n) is 6.73. The molecule has 6 heteroatoms. The lowest BCUT2D eigenvalue weighted by Crippen LogP contribution is -2.36. The molecule has 0 aromatic heterocycles. The van der Waals surface area contributed by atoms with E-state index in [4.69, 9.17) is 4.74 Å². The number of benzene rings is 1. The topological polar surface area (TPSA) is 30.5 Å². The zero-order chi connectivity index (χ0) is 14.2. The molecular formula is C14H16F3NO2. The molecule has 2 aliphatic heterocycles. The van der Waals surface area contributed by atoms with Crippen LogP contribution in [0.15, 0.2) is 24.3 Å². The van der Waals surface area contributed by atoms with Crippen LogP contribution in [0.2, 0.25) is 0 Å². The van der Waals surface area contributed by atoms with Crippen molar-refractivity contribution in [1.82, 2.24) is 5.32 Å². The number of alkyl halides is 3. The van der Waals surface area contributed by atoms with Gasteiger partial charge in [0.1, 0.15) is 5.75 Å². The maximum Gasteiger partial charge on any atom is 0.573 e. The van der Waals surface area contributed by atoms with E-state index in [-0.39, 0.29) is 5.75 Å². The Morgan fingerprint density at radius 3 is 2.50 bits per heavy atom. The van der Waals surface area contributed by atoms with Crippen molar-refractivity contribution in [3.8, 4) is 5.75 Å². The van der Waals surface area contributed by atoms with Crippen LogP contribution >= 0.6 is 0 Å². The Balaban J connectivity index is 1.51. The second-order valence-corrected chi connectivity index (χ2v) is 5.29. The Labute approximate surface area is 115 Å². The van der Waals surface area contributed by atoms with E-state index in [0.29, 0.717) is 24.8 Å². The lowest BCUT2D eigenvalue weighted by Gasteiger charge is -2.20. The van der Waals surface area contributed by atoms with Gasteiger partial charge in [-0.15, -0.1) is 13.2 Å². The highest BCUT2D eigenvalue weighted by molar-refractivity contribution is 5.27. The first-order chi connectivity index (χ1) is 9.49. The third kappa shape index (κ3) is 3.24. The minimum Gasteiger partial charge on any atom is -0.406 e. The summed E-state index contributed by atoms with van der Waals surface area (Å²) in [7, 11) is 0. The average molecular weight is 287 g/mol. The van der Waals surface area contributed by atoms with Crippen molar-refractivity contribution in [2.75, 3.05) is 0 Å². The summed E-state index contributed by atoms with van der Waals surface area (Å²) in [4.78, 5) is 0. The van der Waals surface area contributed by atoms with Crippen molar-refractivity contribution in [3.05, 3.63) is 29.8 Å². The van der Waals surface area contributed by atoms with Crippen LogP contribution in [0.3, 0.4) is 0 Å². The molecule has 0 saturated carbocycles. The third-order valence-electron chi connectivity index (χ3n) is 3.83. The van der Waals surface area contributed by atoms with Crippen LogP contribution in [-0.2, 0) is 11.3 Å². The molecule has 2 fully saturated rings. The molecule has 2 heterocycles. The van der Waals surface area contributed by atoms with Crippen molar-refractivity contribution in [2.24, 2.45) is 0 Å². The van der Waals surface area contributed by atoms with Gasteiger partial charge in [0.05, 0.1) is 12.2 Å². The Bertz CT molecular complexity index is 460. The maximum atomic E-state index is 12.0. The molecule has 3 nitrogen and oxygen atoms in total. The lowest BCUT2D eigenvalue weighted by atomic mass is 9.95. The minimum absolute atomic E-state index is 0.190. The molecule has 1 aromatic carbocycles. The van der Waals surface area contributed by atoms with Gasteiger partial charge in [-0.1, -0.05) is 12.1 Å². The van der Waals surface area contributed by atoms with Crippen molar-refractivity contribution in [2.45, 2.75) is 50.4 Å². The lowest BCUT2D eigenvalue weighted by molar-refractivity contribution is -0.274. The van der Waals surface area contributed by atoms with Gasteiger partial charge < -0.3 is 14.8 Å². The SMILES string of the molecule is FC(F)(F)Oc1ccc(CNC2CC3CCC2O3)cc1. The number of fused-ring (bicyclic) bond motifs is 2. The Morgan fingerprint density at radius 1 is 1.20 bits per heavy atom. The molecule has 2 saturated heterocycles. The second kappa shape index (κ2) is 5.26. The van der Waals surface area contributed by atoms with Crippen LogP contribution in [0, 0.1) is 0 Å². The van der Waals surface area contributed by atoms with E-state index in [0.717, 1.165) is 24.8 Å². The van der Waals surface area contributed by atoms with Gasteiger partial charge in [-0.2, -0.15) is 0 Å². The summed E-state index contributed by atoms with van der Waals surface area (Å²) in [6, 6.07) is 6.31. The molecule has 0 amide bonds. The fourth-order valence-electron chi connectivity index (χ4n) is 2.91. The summed E-state index contributed by atoms with van der Waals surface area (Å²) in [5.74, 6) is -0.190. The van der Waals surface area contributed by atoms with Crippen LogP contribution in [0.1, 0.15) is 24.8 Å². The highest BCUT2D eigenvalue weighted by Gasteiger charge is 2.40. The van der Waals surface area contributed by atoms with Gasteiger partial charge in [0, 0.05) is 12.6 Å². The number of hydrogen-bond acceptors (Lipinski definition) is 3. The van der Waals surface area contributed by atoms with E-state index in [1.807, 2.05) is 0 Å². The fraction of sp³-hybridized carbons (Fsp3) is 0.571. The molecule has 2 bridgehead atoms. The third-order valence-corrected chi connectivity index (χ3v) is 3.83. The Kier molecular flexibility index (Phi) is 3.60. The summed E-state index contributed by atoms with van der Waals surface area (Å²) in [5.41, 5.74) is 0.933. The molecule has 0 spiro atoms. The van der Waals surface area contributed by atoms with Crippen LogP contribution in [0.25, 0.3) is 0 Å². The molecule has 20 heavy (non-hydrogen) atoms. The maximum absolute atomic E-state index is 12.0. The Morgan fingerprint density at radius 2 is 1.95 bits per heavy atom. The monoisotopic (exact) mass is 287 g/mol. The van der Waals surface area contributed by atoms with Gasteiger partial charge in [0.15, 0.2) is 0 Å². The number of ether oxygens (including phenoxy) is 2. The summed E-state index contributed by atoms with van der Waals surface area (Å²) in [5, 5.41) is 3.41. The van der Waals surface area contributed by atoms with E-state index in [1.54, 1.807) is 12.1 Å². The molecule has 0 aliphatic carbocycles. The summed E-state index contributed by atoms with van der Waals surface area (Å²) >= 11 is 0. The summed E-state index contributed by atoms with van der Waals surface area (Å²) in [6.45, 7) is 0.629. The van der Waals surface area contributed by atoms with Crippen molar-refractivity contribution in [3.63, 3.8) is 0 Å². The van der Waals surface area contributed by atoms with Gasteiger partial charge in [0.2, 0.25) is 0 Å². The highest BCUT2D eigenvalue weighted by Crippen LogP contribution is 2.34. The fourth-order valence-corrected chi connectivity index (χ4v) is 2.91. The smallest absolute Gasteiger partial charge is 0.406 e. The number of nitrogens with one attached hydrogen (secondary N) is 1. The van der Waals surface area contributed by atoms with Crippen LogP contribution in [-0.4, -0.2) is 24.6 Å². The molecule has 110 valence electrons. The minimum atomic E-state index is -4.64. The van der Waals surface area contributed by atoms with Gasteiger partial charge in [-0.25, -0.2) is 0 Å². The van der Waals surface area contributed by atoms with E-state index in [2.05, 4.69) is 10.1 Å². The van der Waals surface area contributed by atoms with Gasteiger partial charge >= 0.3 is 6.36 Å². The van der Waals surface area contributed by atoms with Crippen molar-refractivity contribution < 1.29 is 22.6 Å². The van der Waals surface area contributed by atoms with Gasteiger partial charge in [0.25, 0.3) is 0 Å². The van der Waals surface area contributed by atoms with Crippen LogP contribution in [0.5, 0.6) is 5.75 Å². The van der Waals surface area contributed by atoms with E-state index < -0.39 is 6.36 Å².